The van der Waals surface area contributed by atoms with Gasteiger partial charge in [0, 0.05) is 35.5 Å². The SMILES string of the molecule is COc1c(Nc2cc(C)[nH]n2)nc(Sc2ccc(SCc3cccc(C)c3F)cc2F)nc1N1CCOCC1. The van der Waals surface area contributed by atoms with Crippen molar-refractivity contribution in [3.8, 4) is 5.75 Å². The fourth-order valence-corrected chi connectivity index (χ4v) is 5.72. The van der Waals surface area contributed by atoms with Crippen LogP contribution >= 0.6 is 23.5 Å². The maximum Gasteiger partial charge on any atom is 0.204 e. The van der Waals surface area contributed by atoms with Gasteiger partial charge < -0.3 is 19.7 Å². The standard InChI is InChI=1S/C27H28F2N6O2S2/c1-16-5-4-6-18(23(16)29)15-38-19-7-8-21(20(28)14-19)39-27-31-25(30-22-13-17(2)33-34-22)24(36-3)26(32-27)35-9-11-37-12-10-35/h4-8,13-14H,9-12,15H2,1-3H3,(H2,30,31,32,33,34). The third-order valence-electron chi connectivity index (χ3n) is 6.07. The van der Waals surface area contributed by atoms with Gasteiger partial charge in [-0.15, -0.1) is 11.8 Å². The van der Waals surface area contributed by atoms with Gasteiger partial charge in [0.05, 0.1) is 25.2 Å². The number of hydrogen-bond acceptors (Lipinski definition) is 9. The van der Waals surface area contributed by atoms with E-state index in [4.69, 9.17) is 14.5 Å². The van der Waals surface area contributed by atoms with Crippen LogP contribution in [0.25, 0.3) is 0 Å². The van der Waals surface area contributed by atoms with E-state index in [0.29, 0.717) is 81.3 Å². The molecular weight excluding hydrogens is 542 g/mol. The number of nitrogens with zero attached hydrogens (tertiary/aromatic N) is 4. The number of H-pyrrole nitrogens is 1. The summed E-state index contributed by atoms with van der Waals surface area (Å²) in [7, 11) is 1.56. The zero-order valence-corrected chi connectivity index (χ0v) is 23.4. The number of halogens is 2. The van der Waals surface area contributed by atoms with E-state index in [9.17, 15) is 4.39 Å². The summed E-state index contributed by atoms with van der Waals surface area (Å²) in [6.07, 6.45) is 0. The van der Waals surface area contributed by atoms with Gasteiger partial charge in [0.2, 0.25) is 5.75 Å². The molecule has 1 aliphatic heterocycles. The largest absolute Gasteiger partial charge is 0.490 e. The predicted octanol–water partition coefficient (Wildman–Crippen LogP) is 6.13. The van der Waals surface area contributed by atoms with Gasteiger partial charge in [0.1, 0.15) is 11.6 Å². The Bertz CT molecular complexity index is 1460. The average Bonchev–Trinajstić information content (AvgIpc) is 3.35. The lowest BCUT2D eigenvalue weighted by Gasteiger charge is -2.29. The van der Waals surface area contributed by atoms with Gasteiger partial charge in [-0.05, 0) is 54.9 Å². The van der Waals surface area contributed by atoms with Crippen molar-refractivity contribution >= 4 is 41.0 Å². The number of aryl methyl sites for hydroxylation is 2. The van der Waals surface area contributed by atoms with Crippen molar-refractivity contribution in [2.75, 3.05) is 43.6 Å². The van der Waals surface area contributed by atoms with Crippen molar-refractivity contribution in [2.24, 2.45) is 0 Å². The second kappa shape index (κ2) is 12.2. The van der Waals surface area contributed by atoms with E-state index in [1.54, 1.807) is 32.2 Å². The van der Waals surface area contributed by atoms with E-state index < -0.39 is 5.82 Å². The molecule has 0 radical (unpaired) electrons. The fraction of sp³-hybridized carbons (Fsp3) is 0.296. The minimum Gasteiger partial charge on any atom is -0.490 e. The zero-order valence-electron chi connectivity index (χ0n) is 21.8. The first-order valence-corrected chi connectivity index (χ1v) is 14.1. The molecular formula is C27H28F2N6O2S2. The number of ether oxygens (including phenoxy) is 2. The minimum absolute atomic E-state index is 0.222. The molecule has 0 bridgehead atoms. The number of benzene rings is 2. The molecule has 0 saturated carbocycles. The molecule has 5 rings (SSSR count). The number of anilines is 3. The number of hydrogen-bond donors (Lipinski definition) is 2. The van der Waals surface area contributed by atoms with Crippen LogP contribution < -0.4 is 15.0 Å². The fourth-order valence-electron chi connectivity index (χ4n) is 4.06. The van der Waals surface area contributed by atoms with Crippen LogP contribution in [0.5, 0.6) is 5.75 Å². The third kappa shape index (κ3) is 6.45. The first-order valence-electron chi connectivity index (χ1n) is 12.3. The number of morpholine rings is 1. The summed E-state index contributed by atoms with van der Waals surface area (Å²) in [5, 5.41) is 10.7. The summed E-state index contributed by atoms with van der Waals surface area (Å²) in [4.78, 5) is 12.5. The molecule has 12 heteroatoms. The number of thioether (sulfide) groups is 1. The Morgan fingerprint density at radius 3 is 2.64 bits per heavy atom. The number of methoxy groups -OCH3 is 1. The smallest absolute Gasteiger partial charge is 0.204 e. The molecule has 0 amide bonds. The molecule has 2 aromatic heterocycles. The average molecular weight is 571 g/mol. The lowest BCUT2D eigenvalue weighted by Crippen LogP contribution is -2.37. The van der Waals surface area contributed by atoms with Gasteiger partial charge in [-0.3, -0.25) is 5.10 Å². The van der Waals surface area contributed by atoms with E-state index in [0.717, 1.165) is 17.5 Å². The first-order chi connectivity index (χ1) is 18.9. The quantitative estimate of drug-likeness (QED) is 0.182. The van der Waals surface area contributed by atoms with Gasteiger partial charge in [-0.2, -0.15) is 5.10 Å². The highest BCUT2D eigenvalue weighted by atomic mass is 32.2. The Morgan fingerprint density at radius 1 is 1.10 bits per heavy atom. The number of aromatic amines is 1. The summed E-state index contributed by atoms with van der Waals surface area (Å²) < 4.78 is 40.8. The zero-order chi connectivity index (χ0) is 27.4. The summed E-state index contributed by atoms with van der Waals surface area (Å²) in [6.45, 7) is 6.05. The Hall–Kier alpha value is -3.35. The van der Waals surface area contributed by atoms with Crippen LogP contribution in [0.15, 0.2) is 57.4 Å². The Balaban J connectivity index is 1.40. The van der Waals surface area contributed by atoms with Crippen molar-refractivity contribution in [3.63, 3.8) is 0 Å². The second-order valence-electron chi connectivity index (χ2n) is 8.90. The molecule has 204 valence electrons. The van der Waals surface area contributed by atoms with E-state index in [1.165, 1.54) is 17.8 Å². The number of aromatic nitrogens is 4. The Labute approximate surface area is 233 Å². The third-order valence-corrected chi connectivity index (χ3v) is 8.02. The number of rotatable bonds is 9. The molecule has 2 N–H and O–H groups in total. The molecule has 0 unspecified atom stereocenters. The van der Waals surface area contributed by atoms with Crippen LogP contribution in [0.3, 0.4) is 0 Å². The van der Waals surface area contributed by atoms with Crippen LogP contribution in [0.2, 0.25) is 0 Å². The normalized spacial score (nSPS) is 13.5. The molecule has 2 aromatic carbocycles. The Kier molecular flexibility index (Phi) is 8.53. The lowest BCUT2D eigenvalue weighted by atomic mass is 10.1. The van der Waals surface area contributed by atoms with E-state index >= 15 is 4.39 Å². The molecule has 3 heterocycles. The van der Waals surface area contributed by atoms with Gasteiger partial charge in [-0.25, -0.2) is 18.7 Å². The summed E-state index contributed by atoms with van der Waals surface area (Å²) in [6, 6.07) is 12.1. The summed E-state index contributed by atoms with van der Waals surface area (Å²) >= 11 is 2.50. The molecule has 0 aliphatic carbocycles. The molecule has 1 aliphatic rings. The van der Waals surface area contributed by atoms with Crippen LogP contribution in [-0.2, 0) is 10.5 Å². The number of nitrogens with one attached hydrogen (secondary N) is 2. The van der Waals surface area contributed by atoms with E-state index in [1.807, 2.05) is 25.1 Å². The maximum absolute atomic E-state index is 15.2. The van der Waals surface area contributed by atoms with Crippen LogP contribution in [0, 0.1) is 25.5 Å². The van der Waals surface area contributed by atoms with E-state index in [2.05, 4.69) is 25.4 Å². The van der Waals surface area contributed by atoms with Gasteiger partial charge in [0.25, 0.3) is 0 Å². The van der Waals surface area contributed by atoms with Crippen molar-refractivity contribution in [1.29, 1.82) is 0 Å². The van der Waals surface area contributed by atoms with Crippen molar-refractivity contribution in [1.82, 2.24) is 20.2 Å². The van der Waals surface area contributed by atoms with Crippen LogP contribution in [-0.4, -0.2) is 53.6 Å². The maximum atomic E-state index is 15.2. The van der Waals surface area contributed by atoms with Gasteiger partial charge >= 0.3 is 0 Å². The van der Waals surface area contributed by atoms with E-state index in [-0.39, 0.29) is 5.82 Å². The topological polar surface area (TPSA) is 88.2 Å². The van der Waals surface area contributed by atoms with Gasteiger partial charge in [0.15, 0.2) is 22.6 Å². The molecule has 8 nitrogen and oxygen atoms in total. The second-order valence-corrected chi connectivity index (χ2v) is 11.0. The highest BCUT2D eigenvalue weighted by Gasteiger charge is 2.24. The highest BCUT2D eigenvalue weighted by Crippen LogP contribution is 2.39. The van der Waals surface area contributed by atoms with Crippen molar-refractivity contribution in [3.05, 3.63) is 70.9 Å². The highest BCUT2D eigenvalue weighted by molar-refractivity contribution is 7.99. The predicted molar refractivity (Wildman–Crippen MR) is 149 cm³/mol. The van der Waals surface area contributed by atoms with Crippen LogP contribution in [0.4, 0.5) is 26.2 Å². The molecule has 0 spiro atoms. The first kappa shape index (κ1) is 27.2. The molecule has 4 aromatic rings. The Morgan fingerprint density at radius 2 is 1.92 bits per heavy atom. The summed E-state index contributed by atoms with van der Waals surface area (Å²) in [5.74, 6) is 1.85. The lowest BCUT2D eigenvalue weighted by molar-refractivity contribution is 0.122. The summed E-state index contributed by atoms with van der Waals surface area (Å²) in [5.41, 5.74) is 2.07. The minimum atomic E-state index is -0.403. The molecule has 1 saturated heterocycles. The monoisotopic (exact) mass is 570 g/mol. The van der Waals surface area contributed by atoms with Crippen molar-refractivity contribution in [2.45, 2.75) is 34.5 Å². The van der Waals surface area contributed by atoms with Crippen LogP contribution in [0.1, 0.15) is 16.8 Å². The molecule has 1 fully saturated rings. The van der Waals surface area contributed by atoms with Crippen molar-refractivity contribution < 1.29 is 18.3 Å². The van der Waals surface area contributed by atoms with Gasteiger partial charge in [-0.1, -0.05) is 18.2 Å². The molecule has 0 atom stereocenters. The molecule has 39 heavy (non-hydrogen) atoms.